The molecule has 0 aromatic heterocycles. The first-order chi connectivity index (χ1) is 13.5. The molecule has 0 amide bonds. The SMILES string of the molecule is CC(C)(C)OC(=O)[C@H]1C(=O)C[C@@](C)(O)[C@H](C(=O)OC(C)(C)C)[C@H]1c1ccc(Cl)cc1. The third-order valence-electron chi connectivity index (χ3n) is 4.84. The largest absolute Gasteiger partial charge is 0.460 e. The van der Waals surface area contributed by atoms with Gasteiger partial charge in [-0.05, 0) is 66.2 Å². The van der Waals surface area contributed by atoms with Crippen LogP contribution in [0.25, 0.3) is 0 Å². The standard InChI is InChI=1S/C23H31ClO6/c1-21(2,3)29-19(26)17-15(25)12-23(7,28)18(20(27)30-22(4,5)6)16(17)13-8-10-14(24)11-9-13/h8-11,16-18,28H,12H2,1-7H3/t16-,17-,18-,23+/m0/s1. The maximum absolute atomic E-state index is 13.2. The lowest BCUT2D eigenvalue weighted by molar-refractivity contribution is -0.182. The Morgan fingerprint density at radius 1 is 1.00 bits per heavy atom. The second-order valence-electron chi connectivity index (χ2n) is 10.1. The molecule has 0 saturated heterocycles. The van der Waals surface area contributed by atoms with Gasteiger partial charge in [-0.3, -0.25) is 14.4 Å². The van der Waals surface area contributed by atoms with Gasteiger partial charge in [0.25, 0.3) is 0 Å². The summed E-state index contributed by atoms with van der Waals surface area (Å²) in [6, 6.07) is 6.53. The van der Waals surface area contributed by atoms with Crippen LogP contribution in [0.15, 0.2) is 24.3 Å². The third kappa shape index (κ3) is 5.82. The molecule has 1 fully saturated rings. The monoisotopic (exact) mass is 438 g/mol. The molecule has 1 aliphatic carbocycles. The number of Topliss-reactive ketones (excluding diaryl/α,β-unsaturated/α-hetero) is 1. The molecule has 1 N–H and O–H groups in total. The average Bonchev–Trinajstić information content (AvgIpc) is 2.50. The number of ketones is 1. The van der Waals surface area contributed by atoms with Crippen LogP contribution in [0.5, 0.6) is 0 Å². The van der Waals surface area contributed by atoms with Crippen LogP contribution in [0.4, 0.5) is 0 Å². The predicted octanol–water partition coefficient (Wildman–Crippen LogP) is 4.06. The van der Waals surface area contributed by atoms with Crippen molar-refractivity contribution in [2.75, 3.05) is 0 Å². The fourth-order valence-electron chi connectivity index (χ4n) is 3.83. The van der Waals surface area contributed by atoms with Crippen LogP contribution in [0.3, 0.4) is 0 Å². The number of aliphatic hydroxyl groups is 1. The minimum absolute atomic E-state index is 0.356. The van der Waals surface area contributed by atoms with Gasteiger partial charge in [-0.2, -0.15) is 0 Å². The zero-order valence-corrected chi connectivity index (χ0v) is 19.4. The van der Waals surface area contributed by atoms with E-state index >= 15 is 0 Å². The number of carbonyl (C=O) groups is 3. The van der Waals surface area contributed by atoms with Crippen LogP contribution in [-0.2, 0) is 23.9 Å². The molecule has 166 valence electrons. The van der Waals surface area contributed by atoms with Crippen molar-refractivity contribution >= 4 is 29.3 Å². The van der Waals surface area contributed by atoms with Crippen LogP contribution in [0, 0.1) is 11.8 Å². The molecule has 1 aliphatic rings. The Labute approximate surface area is 182 Å². The van der Waals surface area contributed by atoms with Crippen LogP contribution >= 0.6 is 11.6 Å². The summed E-state index contributed by atoms with van der Waals surface area (Å²) >= 11 is 6.01. The van der Waals surface area contributed by atoms with E-state index in [1.54, 1.807) is 65.8 Å². The molecule has 0 unspecified atom stereocenters. The summed E-state index contributed by atoms with van der Waals surface area (Å²) in [5.41, 5.74) is -2.79. The van der Waals surface area contributed by atoms with Crippen molar-refractivity contribution in [3.63, 3.8) is 0 Å². The maximum Gasteiger partial charge on any atom is 0.317 e. The summed E-state index contributed by atoms with van der Waals surface area (Å²) in [5, 5.41) is 11.6. The first-order valence-electron chi connectivity index (χ1n) is 9.98. The number of carbonyl (C=O) groups excluding carboxylic acids is 3. The van der Waals surface area contributed by atoms with Crippen LogP contribution in [-0.4, -0.2) is 39.6 Å². The summed E-state index contributed by atoms with van der Waals surface area (Å²) < 4.78 is 11.1. The van der Waals surface area contributed by atoms with Gasteiger partial charge in [0.1, 0.15) is 17.1 Å². The molecule has 7 heteroatoms. The fraction of sp³-hybridized carbons (Fsp3) is 0.609. The van der Waals surface area contributed by atoms with Gasteiger partial charge in [0.2, 0.25) is 0 Å². The molecule has 0 heterocycles. The van der Waals surface area contributed by atoms with Gasteiger partial charge in [-0.15, -0.1) is 0 Å². The van der Waals surface area contributed by atoms with E-state index in [9.17, 15) is 19.5 Å². The molecule has 0 radical (unpaired) electrons. The van der Waals surface area contributed by atoms with E-state index in [1.165, 1.54) is 6.92 Å². The van der Waals surface area contributed by atoms with E-state index < -0.39 is 52.3 Å². The van der Waals surface area contributed by atoms with E-state index in [0.717, 1.165) is 0 Å². The zero-order chi connectivity index (χ0) is 23.1. The van der Waals surface area contributed by atoms with Crippen molar-refractivity contribution in [1.29, 1.82) is 0 Å². The highest BCUT2D eigenvalue weighted by Crippen LogP contribution is 2.47. The van der Waals surface area contributed by atoms with E-state index in [0.29, 0.717) is 10.6 Å². The number of benzene rings is 1. The molecule has 0 aliphatic heterocycles. The van der Waals surface area contributed by atoms with Crippen LogP contribution in [0.1, 0.15) is 66.4 Å². The Balaban J connectivity index is 2.62. The summed E-state index contributed by atoms with van der Waals surface area (Å²) in [4.78, 5) is 39.2. The lowest BCUT2D eigenvalue weighted by atomic mass is 9.61. The maximum atomic E-state index is 13.2. The highest BCUT2D eigenvalue weighted by Gasteiger charge is 2.57. The quantitative estimate of drug-likeness (QED) is 0.565. The van der Waals surface area contributed by atoms with Gasteiger partial charge in [0.15, 0.2) is 5.78 Å². The topological polar surface area (TPSA) is 89.9 Å². The molecule has 1 saturated carbocycles. The minimum atomic E-state index is -1.69. The van der Waals surface area contributed by atoms with Crippen LogP contribution in [0.2, 0.25) is 5.02 Å². The highest BCUT2D eigenvalue weighted by atomic mass is 35.5. The van der Waals surface area contributed by atoms with Crippen molar-refractivity contribution in [1.82, 2.24) is 0 Å². The zero-order valence-electron chi connectivity index (χ0n) is 18.6. The Morgan fingerprint density at radius 3 is 1.93 bits per heavy atom. The predicted molar refractivity (Wildman–Crippen MR) is 113 cm³/mol. The van der Waals surface area contributed by atoms with Crippen molar-refractivity contribution in [2.24, 2.45) is 11.8 Å². The molecule has 30 heavy (non-hydrogen) atoms. The molecule has 2 rings (SSSR count). The molecule has 1 aromatic carbocycles. The lowest BCUT2D eigenvalue weighted by Crippen LogP contribution is -2.56. The van der Waals surface area contributed by atoms with E-state index in [2.05, 4.69) is 0 Å². The Kier molecular flexibility index (Phi) is 6.74. The lowest BCUT2D eigenvalue weighted by Gasteiger charge is -2.44. The van der Waals surface area contributed by atoms with Gasteiger partial charge in [0, 0.05) is 17.4 Å². The molecule has 1 aromatic rings. The molecular weight excluding hydrogens is 408 g/mol. The van der Waals surface area contributed by atoms with E-state index in [1.807, 2.05) is 0 Å². The van der Waals surface area contributed by atoms with Gasteiger partial charge in [0.05, 0.1) is 11.5 Å². The van der Waals surface area contributed by atoms with E-state index in [-0.39, 0.29) is 6.42 Å². The first-order valence-corrected chi connectivity index (χ1v) is 10.4. The minimum Gasteiger partial charge on any atom is -0.460 e. The average molecular weight is 439 g/mol. The van der Waals surface area contributed by atoms with Crippen molar-refractivity contribution in [2.45, 2.75) is 77.6 Å². The Morgan fingerprint density at radius 2 is 1.47 bits per heavy atom. The van der Waals surface area contributed by atoms with Gasteiger partial charge in [-0.25, -0.2) is 0 Å². The van der Waals surface area contributed by atoms with Crippen molar-refractivity contribution < 1.29 is 29.0 Å². The number of halogens is 1. The molecular formula is C23H31ClO6. The third-order valence-corrected chi connectivity index (χ3v) is 5.10. The summed E-state index contributed by atoms with van der Waals surface area (Å²) in [6.45, 7) is 11.7. The Hall–Kier alpha value is -1.92. The first kappa shape index (κ1) is 24.4. The van der Waals surface area contributed by atoms with E-state index in [4.69, 9.17) is 21.1 Å². The number of rotatable bonds is 3. The van der Waals surface area contributed by atoms with Gasteiger partial charge in [-0.1, -0.05) is 23.7 Å². The summed E-state index contributed by atoms with van der Waals surface area (Å²) in [7, 11) is 0. The summed E-state index contributed by atoms with van der Waals surface area (Å²) in [5.74, 6) is -5.22. The number of hydrogen-bond donors (Lipinski definition) is 1. The molecule has 0 spiro atoms. The number of hydrogen-bond acceptors (Lipinski definition) is 6. The molecule has 0 bridgehead atoms. The van der Waals surface area contributed by atoms with Gasteiger partial charge < -0.3 is 14.6 Å². The van der Waals surface area contributed by atoms with Crippen molar-refractivity contribution in [3.8, 4) is 0 Å². The smallest absolute Gasteiger partial charge is 0.317 e. The Bertz CT molecular complexity index is 814. The molecule has 4 atom stereocenters. The fourth-order valence-corrected chi connectivity index (χ4v) is 3.96. The molecule has 6 nitrogen and oxygen atoms in total. The number of esters is 2. The second kappa shape index (κ2) is 8.31. The normalized spacial score (nSPS) is 27.5. The van der Waals surface area contributed by atoms with Gasteiger partial charge >= 0.3 is 11.9 Å². The summed E-state index contributed by atoms with van der Waals surface area (Å²) in [6.07, 6.45) is -0.356. The number of ether oxygens (including phenoxy) is 2. The highest BCUT2D eigenvalue weighted by molar-refractivity contribution is 6.30. The van der Waals surface area contributed by atoms with Crippen LogP contribution < -0.4 is 0 Å². The van der Waals surface area contributed by atoms with Crippen molar-refractivity contribution in [3.05, 3.63) is 34.9 Å². The second-order valence-corrected chi connectivity index (χ2v) is 10.5.